The zero-order valence-corrected chi connectivity index (χ0v) is 10.9. The number of benzene rings is 1. The summed E-state index contributed by atoms with van der Waals surface area (Å²) in [6.45, 7) is 5.54. The van der Waals surface area contributed by atoms with Crippen LogP contribution in [0.15, 0.2) is 47.1 Å². The molecule has 18 heavy (non-hydrogen) atoms. The van der Waals surface area contributed by atoms with Crippen molar-refractivity contribution in [2.75, 3.05) is 13.1 Å². The van der Waals surface area contributed by atoms with Gasteiger partial charge in [-0.05, 0) is 19.4 Å². The fourth-order valence-corrected chi connectivity index (χ4v) is 1.65. The summed E-state index contributed by atoms with van der Waals surface area (Å²) in [7, 11) is 0. The molecule has 1 aromatic rings. The molecule has 4 nitrogen and oxygen atoms in total. The average Bonchev–Trinajstić information content (AvgIpc) is 2.38. The van der Waals surface area contributed by atoms with Crippen LogP contribution in [0, 0.1) is 0 Å². The lowest BCUT2D eigenvalue weighted by atomic mass is 9.98. The summed E-state index contributed by atoms with van der Waals surface area (Å²) >= 11 is 0. The highest BCUT2D eigenvalue weighted by Gasteiger charge is 2.15. The van der Waals surface area contributed by atoms with Crippen molar-refractivity contribution >= 4 is 5.84 Å². The highest BCUT2D eigenvalue weighted by Crippen LogP contribution is 2.14. The molecule has 0 saturated heterocycles. The zero-order valence-electron chi connectivity index (χ0n) is 10.9. The highest BCUT2D eigenvalue weighted by atomic mass is 16.4. The molecule has 1 unspecified atom stereocenters. The minimum Gasteiger partial charge on any atom is -0.409 e. The van der Waals surface area contributed by atoms with Crippen molar-refractivity contribution in [3.05, 3.63) is 47.5 Å². The number of hydrogen-bond acceptors (Lipinski definition) is 3. The van der Waals surface area contributed by atoms with Crippen LogP contribution in [0.5, 0.6) is 0 Å². The van der Waals surface area contributed by atoms with Gasteiger partial charge < -0.3 is 16.3 Å². The number of hydrogen-bond donors (Lipinski definition) is 3. The van der Waals surface area contributed by atoms with Crippen molar-refractivity contribution in [3.8, 4) is 0 Å². The van der Waals surface area contributed by atoms with E-state index in [2.05, 4.69) is 30.4 Å². The lowest BCUT2D eigenvalue weighted by Crippen LogP contribution is -2.31. The fraction of sp³-hybridized carbons (Fsp3) is 0.357. The first kappa shape index (κ1) is 14.3. The van der Waals surface area contributed by atoms with E-state index >= 15 is 0 Å². The molecule has 4 N–H and O–H groups in total. The van der Waals surface area contributed by atoms with E-state index in [0.717, 1.165) is 12.1 Å². The lowest BCUT2D eigenvalue weighted by Gasteiger charge is -2.16. The largest absolute Gasteiger partial charge is 0.409 e. The second-order valence-electron chi connectivity index (χ2n) is 4.43. The van der Waals surface area contributed by atoms with Crippen LogP contribution in [-0.4, -0.2) is 24.1 Å². The molecule has 0 amide bonds. The summed E-state index contributed by atoms with van der Waals surface area (Å²) in [6.07, 6.45) is 2.11. The van der Waals surface area contributed by atoms with E-state index in [9.17, 15) is 0 Å². The third-order valence-corrected chi connectivity index (χ3v) is 2.68. The molecule has 1 aromatic carbocycles. The van der Waals surface area contributed by atoms with E-state index in [4.69, 9.17) is 10.9 Å². The Labute approximate surface area is 108 Å². The molecule has 1 atom stereocenters. The smallest absolute Gasteiger partial charge is 0.147 e. The van der Waals surface area contributed by atoms with E-state index in [-0.39, 0.29) is 11.8 Å². The van der Waals surface area contributed by atoms with Gasteiger partial charge in [0.2, 0.25) is 0 Å². The number of amidine groups is 1. The number of nitrogens with two attached hydrogens (primary N) is 1. The third-order valence-electron chi connectivity index (χ3n) is 2.68. The Morgan fingerprint density at radius 1 is 1.39 bits per heavy atom. The van der Waals surface area contributed by atoms with E-state index in [0.29, 0.717) is 6.54 Å². The van der Waals surface area contributed by atoms with Gasteiger partial charge in [-0.15, -0.1) is 0 Å². The molecule has 0 bridgehead atoms. The van der Waals surface area contributed by atoms with Crippen LogP contribution in [0.1, 0.15) is 25.3 Å². The quantitative estimate of drug-likeness (QED) is 0.180. The Hall–Kier alpha value is -1.81. The van der Waals surface area contributed by atoms with Crippen molar-refractivity contribution in [3.63, 3.8) is 0 Å². The van der Waals surface area contributed by atoms with Gasteiger partial charge in [0.15, 0.2) is 0 Å². The summed E-state index contributed by atoms with van der Waals surface area (Å²) in [6, 6.07) is 9.80. The maximum Gasteiger partial charge on any atom is 0.147 e. The summed E-state index contributed by atoms with van der Waals surface area (Å²) in [5, 5.41) is 15.2. The van der Waals surface area contributed by atoms with Gasteiger partial charge in [0.1, 0.15) is 5.84 Å². The molecule has 0 aliphatic rings. The Bertz CT molecular complexity index is 408. The monoisotopic (exact) mass is 247 g/mol. The van der Waals surface area contributed by atoms with Crippen LogP contribution < -0.4 is 11.1 Å². The molecule has 0 aliphatic heterocycles. The van der Waals surface area contributed by atoms with Crippen molar-refractivity contribution in [1.82, 2.24) is 5.32 Å². The lowest BCUT2D eigenvalue weighted by molar-refractivity contribution is 0.315. The van der Waals surface area contributed by atoms with Crippen LogP contribution in [0.4, 0.5) is 0 Å². The molecule has 4 heteroatoms. The van der Waals surface area contributed by atoms with Gasteiger partial charge in [0.05, 0.1) is 5.92 Å². The first-order chi connectivity index (χ1) is 8.65. The number of nitrogens with zero attached hydrogens (tertiary/aromatic N) is 1. The van der Waals surface area contributed by atoms with Gasteiger partial charge in [-0.1, -0.05) is 47.1 Å². The first-order valence-corrected chi connectivity index (χ1v) is 6.01. The molecule has 0 radical (unpaired) electrons. The molecular weight excluding hydrogens is 226 g/mol. The predicted octanol–water partition coefficient (Wildman–Crippen LogP) is 2.07. The molecule has 1 rings (SSSR count). The molecule has 0 spiro atoms. The Morgan fingerprint density at radius 2 is 2.06 bits per heavy atom. The zero-order chi connectivity index (χ0) is 13.4. The second kappa shape index (κ2) is 7.50. The Morgan fingerprint density at radius 3 is 2.61 bits per heavy atom. The topological polar surface area (TPSA) is 70.6 Å². The van der Waals surface area contributed by atoms with E-state index in [1.165, 1.54) is 5.57 Å². The van der Waals surface area contributed by atoms with Crippen LogP contribution in [0.25, 0.3) is 0 Å². The molecule has 0 fully saturated rings. The Kier molecular flexibility index (Phi) is 5.94. The maximum atomic E-state index is 8.83. The molecule has 0 aromatic heterocycles. The van der Waals surface area contributed by atoms with Crippen molar-refractivity contribution in [2.24, 2.45) is 10.9 Å². The first-order valence-electron chi connectivity index (χ1n) is 6.01. The van der Waals surface area contributed by atoms with E-state index in [1.807, 2.05) is 30.3 Å². The third kappa shape index (κ3) is 4.59. The number of nitrogens with one attached hydrogen (secondary N) is 1. The summed E-state index contributed by atoms with van der Waals surface area (Å²) in [5.41, 5.74) is 8.04. The van der Waals surface area contributed by atoms with Crippen molar-refractivity contribution < 1.29 is 5.21 Å². The molecule has 98 valence electrons. The van der Waals surface area contributed by atoms with Gasteiger partial charge in [-0.3, -0.25) is 0 Å². The minimum absolute atomic E-state index is 0.109. The summed E-state index contributed by atoms with van der Waals surface area (Å²) < 4.78 is 0. The van der Waals surface area contributed by atoms with Gasteiger partial charge in [0, 0.05) is 13.1 Å². The molecule has 0 aliphatic carbocycles. The number of oxime groups is 1. The average molecular weight is 247 g/mol. The SMILES string of the molecule is CC(C)=CCNCC(/C(N)=N/O)c1ccccc1. The van der Waals surface area contributed by atoms with Gasteiger partial charge in [-0.25, -0.2) is 0 Å². The van der Waals surface area contributed by atoms with Gasteiger partial charge in [0.25, 0.3) is 0 Å². The Balaban J connectivity index is 2.66. The minimum atomic E-state index is -0.109. The predicted molar refractivity (Wildman–Crippen MR) is 74.9 cm³/mol. The molecule has 0 heterocycles. The normalized spacial score (nSPS) is 13.1. The van der Waals surface area contributed by atoms with Crippen LogP contribution in [0.2, 0.25) is 0 Å². The maximum absolute atomic E-state index is 8.83. The summed E-state index contributed by atoms with van der Waals surface area (Å²) in [4.78, 5) is 0. The fourth-order valence-electron chi connectivity index (χ4n) is 1.65. The molecular formula is C14H21N3O. The van der Waals surface area contributed by atoms with Crippen molar-refractivity contribution in [1.29, 1.82) is 0 Å². The van der Waals surface area contributed by atoms with E-state index < -0.39 is 0 Å². The number of rotatable bonds is 6. The second-order valence-corrected chi connectivity index (χ2v) is 4.43. The summed E-state index contributed by atoms with van der Waals surface area (Å²) in [5.74, 6) is 0.118. The molecule has 0 saturated carbocycles. The van der Waals surface area contributed by atoms with E-state index in [1.54, 1.807) is 0 Å². The highest BCUT2D eigenvalue weighted by molar-refractivity contribution is 5.87. The van der Waals surface area contributed by atoms with Gasteiger partial charge in [-0.2, -0.15) is 0 Å². The van der Waals surface area contributed by atoms with Crippen LogP contribution >= 0.6 is 0 Å². The van der Waals surface area contributed by atoms with Crippen molar-refractivity contribution in [2.45, 2.75) is 19.8 Å². The standard InChI is InChI=1S/C14H21N3O/c1-11(2)8-9-16-10-13(14(15)17-18)12-6-4-3-5-7-12/h3-8,13,16,18H,9-10H2,1-2H3,(H2,15,17). The van der Waals surface area contributed by atoms with Crippen LogP contribution in [-0.2, 0) is 0 Å². The number of allylic oxidation sites excluding steroid dienone is 1. The van der Waals surface area contributed by atoms with Crippen LogP contribution in [0.3, 0.4) is 0 Å². The van der Waals surface area contributed by atoms with Gasteiger partial charge >= 0.3 is 0 Å².